The van der Waals surface area contributed by atoms with E-state index in [2.05, 4.69) is 39.9 Å². The van der Waals surface area contributed by atoms with Crippen molar-refractivity contribution in [3.8, 4) is 0 Å². The maximum absolute atomic E-state index is 12.7. The summed E-state index contributed by atoms with van der Waals surface area (Å²) in [6, 6.07) is 0.134. The monoisotopic (exact) mass is 270 g/mol. The Labute approximate surface area is 117 Å². The van der Waals surface area contributed by atoms with Gasteiger partial charge in [0.15, 0.2) is 0 Å². The van der Waals surface area contributed by atoms with Crippen molar-refractivity contribution in [2.75, 3.05) is 13.7 Å². The molecule has 3 atom stereocenters. The van der Waals surface area contributed by atoms with Crippen molar-refractivity contribution in [1.82, 2.24) is 10.2 Å². The Bertz CT molecular complexity index is 286. The Kier molecular flexibility index (Phi) is 6.27. The molecule has 3 unspecified atom stereocenters. The molecular formula is C15H30N2O2. The highest BCUT2D eigenvalue weighted by molar-refractivity contribution is 5.85. The molecule has 0 aromatic rings. The van der Waals surface area contributed by atoms with Gasteiger partial charge in [-0.3, -0.25) is 10.1 Å². The topological polar surface area (TPSA) is 41.6 Å². The molecule has 4 heteroatoms. The third-order valence-corrected chi connectivity index (χ3v) is 3.84. The number of nitrogens with zero attached hydrogens (tertiary/aromatic N) is 1. The Hall–Kier alpha value is -0.610. The van der Waals surface area contributed by atoms with Gasteiger partial charge < -0.3 is 9.64 Å². The van der Waals surface area contributed by atoms with Crippen molar-refractivity contribution >= 4 is 5.91 Å². The van der Waals surface area contributed by atoms with E-state index in [1.54, 1.807) is 7.11 Å². The van der Waals surface area contributed by atoms with Crippen molar-refractivity contribution in [2.45, 2.75) is 65.7 Å². The minimum Gasteiger partial charge on any atom is -0.383 e. The highest BCUT2D eigenvalue weighted by Gasteiger charge is 2.44. The van der Waals surface area contributed by atoms with Gasteiger partial charge in [-0.05, 0) is 18.3 Å². The number of carbonyl (C=O) groups excluding carboxylic acids is 1. The van der Waals surface area contributed by atoms with E-state index in [0.717, 1.165) is 12.8 Å². The van der Waals surface area contributed by atoms with Gasteiger partial charge >= 0.3 is 0 Å². The van der Waals surface area contributed by atoms with E-state index in [4.69, 9.17) is 4.74 Å². The summed E-state index contributed by atoms with van der Waals surface area (Å²) in [4.78, 5) is 14.7. The second-order valence-electron chi connectivity index (χ2n) is 6.22. The maximum atomic E-state index is 12.7. The number of hydrogen-bond donors (Lipinski definition) is 1. The molecule has 0 radical (unpaired) electrons. The molecule has 1 aliphatic rings. The van der Waals surface area contributed by atoms with E-state index in [9.17, 15) is 4.79 Å². The number of ether oxygens (including phenoxy) is 1. The number of amides is 1. The van der Waals surface area contributed by atoms with Crippen LogP contribution in [0.4, 0.5) is 0 Å². The fourth-order valence-corrected chi connectivity index (χ4v) is 2.86. The number of hydrogen-bond acceptors (Lipinski definition) is 3. The molecule has 1 amide bonds. The maximum Gasteiger partial charge on any atom is 0.241 e. The number of methoxy groups -OCH3 is 1. The van der Waals surface area contributed by atoms with Crippen LogP contribution in [0.5, 0.6) is 0 Å². The quantitative estimate of drug-likeness (QED) is 0.771. The van der Waals surface area contributed by atoms with Crippen molar-refractivity contribution < 1.29 is 9.53 Å². The lowest BCUT2D eigenvalue weighted by molar-refractivity contribution is -0.135. The Morgan fingerprint density at radius 3 is 2.32 bits per heavy atom. The van der Waals surface area contributed by atoms with Crippen molar-refractivity contribution in [3.63, 3.8) is 0 Å². The van der Waals surface area contributed by atoms with Gasteiger partial charge in [0, 0.05) is 7.11 Å². The van der Waals surface area contributed by atoms with Crippen LogP contribution in [-0.2, 0) is 9.53 Å². The van der Waals surface area contributed by atoms with Crippen LogP contribution in [0, 0.1) is 11.8 Å². The van der Waals surface area contributed by atoms with Crippen LogP contribution in [0.15, 0.2) is 0 Å². The Balaban J connectivity index is 2.94. The third-order valence-electron chi connectivity index (χ3n) is 3.84. The van der Waals surface area contributed by atoms with Crippen LogP contribution in [0.2, 0.25) is 0 Å². The predicted octanol–water partition coefficient (Wildman–Crippen LogP) is 2.24. The third kappa shape index (κ3) is 3.69. The van der Waals surface area contributed by atoms with Gasteiger partial charge in [-0.15, -0.1) is 0 Å². The smallest absolute Gasteiger partial charge is 0.241 e. The fourth-order valence-electron chi connectivity index (χ4n) is 2.86. The van der Waals surface area contributed by atoms with Crippen LogP contribution >= 0.6 is 0 Å². The number of rotatable bonds is 7. The lowest BCUT2D eigenvalue weighted by Gasteiger charge is -2.34. The van der Waals surface area contributed by atoms with E-state index in [-0.39, 0.29) is 24.2 Å². The van der Waals surface area contributed by atoms with Gasteiger partial charge in [0.2, 0.25) is 5.91 Å². The lowest BCUT2D eigenvalue weighted by Crippen LogP contribution is -2.49. The van der Waals surface area contributed by atoms with Gasteiger partial charge in [0.1, 0.15) is 0 Å². The van der Waals surface area contributed by atoms with Gasteiger partial charge in [0.25, 0.3) is 0 Å². The minimum atomic E-state index is -0.0522. The molecule has 0 spiro atoms. The van der Waals surface area contributed by atoms with Crippen molar-refractivity contribution in [1.29, 1.82) is 0 Å². The summed E-state index contributed by atoms with van der Waals surface area (Å²) in [5.41, 5.74) is 0. The number of nitrogens with one attached hydrogen (secondary N) is 1. The molecule has 4 nitrogen and oxygen atoms in total. The van der Waals surface area contributed by atoms with Gasteiger partial charge in [-0.1, -0.05) is 41.0 Å². The van der Waals surface area contributed by atoms with E-state index in [0.29, 0.717) is 18.4 Å². The Morgan fingerprint density at radius 2 is 1.89 bits per heavy atom. The van der Waals surface area contributed by atoms with E-state index < -0.39 is 0 Å². The van der Waals surface area contributed by atoms with E-state index >= 15 is 0 Å². The molecule has 0 saturated carbocycles. The van der Waals surface area contributed by atoms with Crippen molar-refractivity contribution in [2.24, 2.45) is 11.8 Å². The predicted molar refractivity (Wildman–Crippen MR) is 77.8 cm³/mol. The molecular weight excluding hydrogens is 240 g/mol. The van der Waals surface area contributed by atoms with Crippen LogP contribution < -0.4 is 5.32 Å². The summed E-state index contributed by atoms with van der Waals surface area (Å²) in [6.07, 6.45) is 2.19. The van der Waals surface area contributed by atoms with Crippen molar-refractivity contribution in [3.05, 3.63) is 0 Å². The van der Waals surface area contributed by atoms with Crippen LogP contribution in [0.25, 0.3) is 0 Å². The zero-order chi connectivity index (χ0) is 14.6. The average molecular weight is 270 g/mol. The first kappa shape index (κ1) is 16.4. The summed E-state index contributed by atoms with van der Waals surface area (Å²) in [6.45, 7) is 11.3. The summed E-state index contributed by atoms with van der Waals surface area (Å²) < 4.78 is 5.32. The molecule has 1 rings (SSSR count). The SMILES string of the molecule is CCCC(COC)N1C(=O)C(C(C)C)NC1C(C)C. The minimum absolute atomic E-state index is 0.0522. The first-order valence-corrected chi connectivity index (χ1v) is 7.51. The van der Waals surface area contributed by atoms with Gasteiger partial charge in [0.05, 0.1) is 24.9 Å². The first-order valence-electron chi connectivity index (χ1n) is 7.51. The molecule has 0 bridgehead atoms. The van der Waals surface area contributed by atoms with E-state index in [1.807, 2.05) is 4.90 Å². The highest BCUT2D eigenvalue weighted by atomic mass is 16.5. The molecule has 112 valence electrons. The second kappa shape index (κ2) is 7.25. The second-order valence-corrected chi connectivity index (χ2v) is 6.22. The first-order chi connectivity index (χ1) is 8.93. The average Bonchev–Trinajstić information content (AvgIpc) is 2.67. The highest BCUT2D eigenvalue weighted by Crippen LogP contribution is 2.25. The molecule has 0 aromatic heterocycles. The largest absolute Gasteiger partial charge is 0.383 e. The zero-order valence-electron chi connectivity index (χ0n) is 13.3. The molecule has 19 heavy (non-hydrogen) atoms. The molecule has 1 heterocycles. The van der Waals surface area contributed by atoms with Crippen LogP contribution in [0.3, 0.4) is 0 Å². The summed E-state index contributed by atoms with van der Waals surface area (Å²) in [5.74, 6) is 0.969. The Morgan fingerprint density at radius 1 is 1.26 bits per heavy atom. The summed E-state index contributed by atoms with van der Waals surface area (Å²) >= 11 is 0. The number of carbonyl (C=O) groups is 1. The molecule has 1 saturated heterocycles. The van der Waals surface area contributed by atoms with Crippen LogP contribution in [0.1, 0.15) is 47.5 Å². The van der Waals surface area contributed by atoms with Crippen LogP contribution in [-0.4, -0.2) is 42.8 Å². The summed E-state index contributed by atoms with van der Waals surface area (Å²) in [7, 11) is 1.71. The molecule has 1 fully saturated rings. The standard InChI is InChI=1S/C15H30N2O2/c1-7-8-12(9-19-6)17-14(11(4)5)16-13(10(2)3)15(17)18/h10-14,16H,7-9H2,1-6H3. The zero-order valence-corrected chi connectivity index (χ0v) is 13.3. The lowest BCUT2D eigenvalue weighted by atomic mass is 10.0. The molecule has 1 aliphatic heterocycles. The van der Waals surface area contributed by atoms with E-state index in [1.165, 1.54) is 0 Å². The summed E-state index contributed by atoms with van der Waals surface area (Å²) in [5, 5.41) is 3.51. The molecule has 1 N–H and O–H groups in total. The fraction of sp³-hybridized carbons (Fsp3) is 0.933. The van der Waals surface area contributed by atoms with Gasteiger partial charge in [-0.2, -0.15) is 0 Å². The van der Waals surface area contributed by atoms with Gasteiger partial charge in [-0.25, -0.2) is 0 Å². The normalized spacial score (nSPS) is 25.7. The molecule has 0 aromatic carbocycles. The molecule has 0 aliphatic carbocycles.